The Labute approximate surface area is 227 Å². The van der Waals surface area contributed by atoms with Crippen molar-refractivity contribution in [2.45, 2.75) is 63.7 Å². The number of benzene rings is 2. The fourth-order valence-electron chi connectivity index (χ4n) is 5.22. The first-order valence-corrected chi connectivity index (χ1v) is 13.6. The number of amides is 3. The van der Waals surface area contributed by atoms with Crippen molar-refractivity contribution in [2.75, 3.05) is 6.61 Å². The Morgan fingerprint density at radius 1 is 0.923 bits per heavy atom. The Morgan fingerprint density at radius 3 is 2.56 bits per heavy atom. The number of rotatable bonds is 3. The van der Waals surface area contributed by atoms with Gasteiger partial charge in [0.2, 0.25) is 11.8 Å². The lowest BCUT2D eigenvalue weighted by Gasteiger charge is -2.31. The van der Waals surface area contributed by atoms with Crippen molar-refractivity contribution in [2.24, 2.45) is 5.92 Å². The molecule has 10 nitrogen and oxygen atoms in total. The summed E-state index contributed by atoms with van der Waals surface area (Å²) in [7, 11) is 0. The molecule has 1 aliphatic carbocycles. The number of carbonyl (C=O) groups excluding carboxylic acids is 3. The Morgan fingerprint density at radius 2 is 1.74 bits per heavy atom. The summed E-state index contributed by atoms with van der Waals surface area (Å²) in [5, 5.41) is 17.1. The molecule has 0 spiro atoms. The van der Waals surface area contributed by atoms with E-state index in [0.29, 0.717) is 36.6 Å². The number of hydrogen-bond donors (Lipinski definition) is 3. The van der Waals surface area contributed by atoms with E-state index in [1.807, 2.05) is 30.3 Å². The van der Waals surface area contributed by atoms with Gasteiger partial charge in [0.05, 0.1) is 19.3 Å². The highest BCUT2D eigenvalue weighted by atomic mass is 16.5. The van der Waals surface area contributed by atoms with Crippen LogP contribution in [0.3, 0.4) is 0 Å². The minimum atomic E-state index is -0.825. The van der Waals surface area contributed by atoms with Gasteiger partial charge in [-0.05, 0) is 42.5 Å². The summed E-state index contributed by atoms with van der Waals surface area (Å²) >= 11 is 0. The number of nitrogens with one attached hydrogen (secondary N) is 3. The molecule has 4 bridgehead atoms. The predicted octanol–water partition coefficient (Wildman–Crippen LogP) is 2.39. The standard InChI is InChI=1S/C29H34N6O4/c36-27-22-12-7-13-24(17-22)39-15-14-35-19-23(33-34-35)18-30-28(37)25(16-20-8-3-1-4-9-20)31-29(38)26(32-27)21-10-5-2-6-11-21/h1,3-4,7-9,12-13,17,19,21,25-26H,2,5-6,10-11,14-16,18H2,(H,30,37)(H,31,38)(H,32,36)/t25-,26-/m0/s1. The molecule has 1 aliphatic heterocycles. The summed E-state index contributed by atoms with van der Waals surface area (Å²) in [6.07, 6.45) is 6.86. The predicted molar refractivity (Wildman–Crippen MR) is 144 cm³/mol. The van der Waals surface area contributed by atoms with E-state index in [4.69, 9.17) is 4.74 Å². The van der Waals surface area contributed by atoms with Crippen molar-refractivity contribution in [3.05, 3.63) is 77.6 Å². The largest absolute Gasteiger partial charge is 0.492 e. The SMILES string of the molecule is O=C1N[C@@H](C2CCCCC2)C(=O)N[C@@H](Cc2ccccc2)C(=O)NCc2cn(nn2)CCOc2cccc1c2. The molecule has 0 radical (unpaired) electrons. The number of hydrogen-bond acceptors (Lipinski definition) is 6. The number of aromatic nitrogens is 3. The molecular formula is C29H34N6O4. The molecule has 1 aromatic heterocycles. The van der Waals surface area contributed by atoms with Crippen LogP contribution < -0.4 is 20.7 Å². The highest BCUT2D eigenvalue weighted by Gasteiger charge is 2.34. The van der Waals surface area contributed by atoms with Gasteiger partial charge in [-0.1, -0.05) is 60.9 Å². The van der Waals surface area contributed by atoms with Crippen molar-refractivity contribution >= 4 is 17.7 Å². The normalized spacial score (nSPS) is 21.5. The van der Waals surface area contributed by atoms with Crippen LogP contribution >= 0.6 is 0 Å². The zero-order chi connectivity index (χ0) is 27.0. The van der Waals surface area contributed by atoms with E-state index in [0.717, 1.165) is 37.7 Å². The average molecular weight is 531 g/mol. The minimum absolute atomic E-state index is 0.0109. The van der Waals surface area contributed by atoms with Crippen molar-refractivity contribution in [1.29, 1.82) is 0 Å². The van der Waals surface area contributed by atoms with Crippen molar-refractivity contribution in [3.63, 3.8) is 0 Å². The monoisotopic (exact) mass is 530 g/mol. The quantitative estimate of drug-likeness (QED) is 0.477. The molecule has 2 aromatic carbocycles. The van der Waals surface area contributed by atoms with E-state index in [2.05, 4.69) is 26.3 Å². The van der Waals surface area contributed by atoms with Gasteiger partial charge in [0.15, 0.2) is 0 Å². The maximum Gasteiger partial charge on any atom is 0.252 e. The number of carbonyl (C=O) groups is 3. The molecule has 39 heavy (non-hydrogen) atoms. The molecule has 0 unspecified atom stereocenters. The van der Waals surface area contributed by atoms with Crippen LogP contribution in [0.5, 0.6) is 5.75 Å². The van der Waals surface area contributed by atoms with Crippen molar-refractivity contribution in [3.8, 4) is 5.75 Å². The first-order chi connectivity index (χ1) is 19.0. The fourth-order valence-corrected chi connectivity index (χ4v) is 5.22. The van der Waals surface area contributed by atoms with Crippen LogP contribution in [0.2, 0.25) is 0 Å². The molecule has 0 saturated heterocycles. The Hall–Kier alpha value is -4.21. The molecule has 2 aliphatic rings. The lowest BCUT2D eigenvalue weighted by molar-refractivity contribution is -0.130. The summed E-state index contributed by atoms with van der Waals surface area (Å²) in [6.45, 7) is 0.950. The zero-order valence-corrected chi connectivity index (χ0v) is 21.8. The minimum Gasteiger partial charge on any atom is -0.492 e. The first kappa shape index (κ1) is 26.4. The second kappa shape index (κ2) is 12.6. The zero-order valence-electron chi connectivity index (χ0n) is 21.8. The van der Waals surface area contributed by atoms with Crippen LogP contribution in [0.25, 0.3) is 0 Å². The Bertz CT molecular complexity index is 1290. The molecule has 2 atom stereocenters. The molecule has 3 aromatic rings. The molecule has 204 valence electrons. The van der Waals surface area contributed by atoms with Gasteiger partial charge < -0.3 is 20.7 Å². The van der Waals surface area contributed by atoms with E-state index >= 15 is 0 Å². The van der Waals surface area contributed by atoms with Crippen LogP contribution in [-0.2, 0) is 29.1 Å². The fraction of sp³-hybridized carbons (Fsp3) is 0.414. The molecule has 10 heteroatoms. The van der Waals surface area contributed by atoms with E-state index in [9.17, 15) is 14.4 Å². The summed E-state index contributed by atoms with van der Waals surface area (Å²) < 4.78 is 7.48. The molecule has 2 heterocycles. The van der Waals surface area contributed by atoms with Gasteiger partial charge in [-0.3, -0.25) is 14.4 Å². The molecule has 3 amide bonds. The summed E-state index contributed by atoms with van der Waals surface area (Å²) in [5.41, 5.74) is 1.92. The van der Waals surface area contributed by atoms with Crippen LogP contribution in [0.4, 0.5) is 0 Å². The molecule has 3 N–H and O–H groups in total. The maximum atomic E-state index is 13.8. The lowest BCUT2D eigenvalue weighted by Crippen LogP contribution is -2.56. The highest BCUT2D eigenvalue weighted by Crippen LogP contribution is 2.27. The molecule has 1 fully saturated rings. The van der Waals surface area contributed by atoms with Gasteiger partial charge in [-0.2, -0.15) is 0 Å². The van der Waals surface area contributed by atoms with Crippen LogP contribution in [0, 0.1) is 5.92 Å². The van der Waals surface area contributed by atoms with Gasteiger partial charge in [0, 0.05) is 12.0 Å². The van der Waals surface area contributed by atoms with Gasteiger partial charge in [-0.15, -0.1) is 5.10 Å². The molecular weight excluding hydrogens is 496 g/mol. The molecule has 1 saturated carbocycles. The third-order valence-electron chi connectivity index (χ3n) is 7.32. The van der Waals surface area contributed by atoms with E-state index in [-0.39, 0.29) is 30.2 Å². The Balaban J connectivity index is 1.44. The van der Waals surface area contributed by atoms with E-state index < -0.39 is 12.1 Å². The summed E-state index contributed by atoms with van der Waals surface area (Å²) in [4.78, 5) is 40.5. The number of nitrogens with zero attached hydrogens (tertiary/aromatic N) is 3. The topological polar surface area (TPSA) is 127 Å². The number of ether oxygens (including phenoxy) is 1. The van der Waals surface area contributed by atoms with Crippen LogP contribution in [-0.4, -0.2) is 51.4 Å². The maximum absolute atomic E-state index is 13.8. The second-order valence-electron chi connectivity index (χ2n) is 10.2. The third-order valence-corrected chi connectivity index (χ3v) is 7.32. The smallest absolute Gasteiger partial charge is 0.252 e. The van der Waals surface area contributed by atoms with Gasteiger partial charge >= 0.3 is 0 Å². The van der Waals surface area contributed by atoms with Crippen LogP contribution in [0.1, 0.15) is 53.7 Å². The highest BCUT2D eigenvalue weighted by molar-refractivity contribution is 5.98. The number of fused-ring (bicyclic) bond motifs is 4. The van der Waals surface area contributed by atoms with Gasteiger partial charge in [-0.25, -0.2) is 4.68 Å². The van der Waals surface area contributed by atoms with Crippen LogP contribution in [0.15, 0.2) is 60.8 Å². The second-order valence-corrected chi connectivity index (χ2v) is 10.2. The van der Waals surface area contributed by atoms with Crippen molar-refractivity contribution < 1.29 is 19.1 Å². The van der Waals surface area contributed by atoms with Crippen molar-refractivity contribution in [1.82, 2.24) is 30.9 Å². The van der Waals surface area contributed by atoms with E-state index in [1.54, 1.807) is 35.1 Å². The first-order valence-electron chi connectivity index (χ1n) is 13.6. The third kappa shape index (κ3) is 7.01. The summed E-state index contributed by atoms with van der Waals surface area (Å²) in [6, 6.07) is 14.9. The average Bonchev–Trinajstić information content (AvgIpc) is 3.42. The van der Waals surface area contributed by atoms with Gasteiger partial charge in [0.1, 0.15) is 30.1 Å². The van der Waals surface area contributed by atoms with Gasteiger partial charge in [0.25, 0.3) is 5.91 Å². The Kier molecular flexibility index (Phi) is 8.50. The summed E-state index contributed by atoms with van der Waals surface area (Å²) in [5.74, 6) is -0.489. The van der Waals surface area contributed by atoms with E-state index in [1.165, 1.54) is 0 Å². The lowest BCUT2D eigenvalue weighted by atomic mass is 9.83. The molecule has 5 rings (SSSR count).